The van der Waals surface area contributed by atoms with Gasteiger partial charge in [-0.3, -0.25) is 9.59 Å². The number of carbonyl (C=O) groups excluding carboxylic acids is 2. The minimum atomic E-state index is -0.399. The van der Waals surface area contributed by atoms with Crippen molar-refractivity contribution in [3.8, 4) is 0 Å². The molecule has 0 aliphatic carbocycles. The highest BCUT2D eigenvalue weighted by Crippen LogP contribution is 2.14. The fourth-order valence-corrected chi connectivity index (χ4v) is 1.42. The molecule has 0 unspecified atom stereocenters. The van der Waals surface area contributed by atoms with Gasteiger partial charge in [0.15, 0.2) is 0 Å². The molecule has 0 saturated carbocycles. The number of nitrogens with two attached hydrogens (primary N) is 1. The second kappa shape index (κ2) is 4.38. The molecule has 1 aromatic heterocycles. The minimum Gasteiger partial charge on any atom is -0.362 e. The summed E-state index contributed by atoms with van der Waals surface area (Å²) >= 11 is 0. The molecule has 0 bridgehead atoms. The summed E-state index contributed by atoms with van der Waals surface area (Å²) in [5.41, 5.74) is 6.27. The van der Waals surface area contributed by atoms with E-state index in [9.17, 15) is 9.59 Å². The summed E-state index contributed by atoms with van der Waals surface area (Å²) in [5.74, 6) is -0.482. The van der Waals surface area contributed by atoms with Gasteiger partial charge in [-0.25, -0.2) is 9.88 Å². The van der Waals surface area contributed by atoms with Crippen LogP contribution in [0.3, 0.4) is 0 Å². The van der Waals surface area contributed by atoms with E-state index in [2.05, 4.69) is 4.98 Å². The lowest BCUT2D eigenvalue weighted by atomic mass is 10.2. The Morgan fingerprint density at radius 1 is 1.31 bits per heavy atom. The Morgan fingerprint density at radius 3 is 2.50 bits per heavy atom. The van der Waals surface area contributed by atoms with Gasteiger partial charge in [0.05, 0.1) is 0 Å². The molecule has 1 aliphatic heterocycles. The van der Waals surface area contributed by atoms with Crippen LogP contribution in [0.2, 0.25) is 0 Å². The van der Waals surface area contributed by atoms with Gasteiger partial charge in [0.25, 0.3) is 11.8 Å². The highest BCUT2D eigenvalue weighted by atomic mass is 16.5. The van der Waals surface area contributed by atoms with Crippen LogP contribution < -0.4 is 10.6 Å². The van der Waals surface area contributed by atoms with Crippen LogP contribution in [-0.4, -0.2) is 30.0 Å². The number of hydrogen-bond acceptors (Lipinski definition) is 5. The van der Waals surface area contributed by atoms with Crippen LogP contribution >= 0.6 is 0 Å². The molecule has 1 saturated heterocycles. The maximum atomic E-state index is 11.5. The molecule has 2 rings (SSSR count). The predicted octanol–water partition coefficient (Wildman–Crippen LogP) is -0.570. The molecule has 2 amide bonds. The Kier molecular flexibility index (Phi) is 2.93. The SMILES string of the molecule is NCc1ccc(N2C(=O)COCC2=O)nc1. The van der Waals surface area contributed by atoms with E-state index in [1.54, 1.807) is 18.3 Å². The summed E-state index contributed by atoms with van der Waals surface area (Å²) in [5, 5.41) is 0. The summed E-state index contributed by atoms with van der Waals surface area (Å²) in [6, 6.07) is 3.33. The number of hydrogen-bond donors (Lipinski definition) is 1. The lowest BCUT2D eigenvalue weighted by molar-refractivity contribution is -0.138. The summed E-state index contributed by atoms with van der Waals surface area (Å²) < 4.78 is 4.80. The molecule has 6 nitrogen and oxygen atoms in total. The van der Waals surface area contributed by atoms with E-state index in [4.69, 9.17) is 10.5 Å². The van der Waals surface area contributed by atoms with Crippen LogP contribution in [0.4, 0.5) is 5.82 Å². The standard InChI is InChI=1S/C10H11N3O3/c11-3-7-1-2-8(12-4-7)13-9(14)5-16-6-10(13)15/h1-2,4H,3,5-6,11H2. The zero-order valence-corrected chi connectivity index (χ0v) is 8.55. The molecule has 0 spiro atoms. The predicted molar refractivity (Wildman–Crippen MR) is 55.4 cm³/mol. The molecule has 2 heterocycles. The van der Waals surface area contributed by atoms with Gasteiger partial charge in [-0.1, -0.05) is 6.07 Å². The smallest absolute Gasteiger partial charge is 0.261 e. The average Bonchev–Trinajstić information content (AvgIpc) is 2.30. The summed E-state index contributed by atoms with van der Waals surface area (Å²) in [4.78, 5) is 28.0. The first-order chi connectivity index (χ1) is 7.72. The zero-order chi connectivity index (χ0) is 11.5. The Hall–Kier alpha value is -1.79. The molecule has 1 fully saturated rings. The Bertz CT molecular complexity index is 400. The molecule has 0 aromatic carbocycles. The fourth-order valence-electron chi connectivity index (χ4n) is 1.42. The van der Waals surface area contributed by atoms with Crippen LogP contribution in [0.25, 0.3) is 0 Å². The van der Waals surface area contributed by atoms with Crippen molar-refractivity contribution in [3.63, 3.8) is 0 Å². The number of nitrogens with zero attached hydrogens (tertiary/aromatic N) is 2. The van der Waals surface area contributed by atoms with Crippen LogP contribution in [0.15, 0.2) is 18.3 Å². The Labute approximate surface area is 92.0 Å². The van der Waals surface area contributed by atoms with Crippen LogP contribution in [0.5, 0.6) is 0 Å². The van der Waals surface area contributed by atoms with E-state index in [1.165, 1.54) is 0 Å². The molecule has 16 heavy (non-hydrogen) atoms. The molecular formula is C10H11N3O3. The van der Waals surface area contributed by atoms with Gasteiger partial charge in [0, 0.05) is 12.7 Å². The molecular weight excluding hydrogens is 210 g/mol. The monoisotopic (exact) mass is 221 g/mol. The van der Waals surface area contributed by atoms with Gasteiger partial charge in [-0.05, 0) is 11.6 Å². The Morgan fingerprint density at radius 2 is 2.00 bits per heavy atom. The van der Waals surface area contributed by atoms with Crippen LogP contribution in [0, 0.1) is 0 Å². The summed E-state index contributed by atoms with van der Waals surface area (Å²) in [7, 11) is 0. The largest absolute Gasteiger partial charge is 0.362 e. The molecule has 6 heteroatoms. The van der Waals surface area contributed by atoms with E-state index in [0.717, 1.165) is 10.5 Å². The van der Waals surface area contributed by atoms with Gasteiger partial charge in [0.1, 0.15) is 19.0 Å². The number of anilines is 1. The zero-order valence-electron chi connectivity index (χ0n) is 8.55. The van der Waals surface area contributed by atoms with Gasteiger partial charge in [-0.15, -0.1) is 0 Å². The number of rotatable bonds is 2. The highest BCUT2D eigenvalue weighted by Gasteiger charge is 2.28. The van der Waals surface area contributed by atoms with Gasteiger partial charge >= 0.3 is 0 Å². The summed E-state index contributed by atoms with van der Waals surface area (Å²) in [6.07, 6.45) is 1.55. The number of morpholine rings is 1. The lowest BCUT2D eigenvalue weighted by Gasteiger charge is -2.23. The topological polar surface area (TPSA) is 85.5 Å². The third-order valence-electron chi connectivity index (χ3n) is 2.22. The number of carbonyl (C=O) groups is 2. The third kappa shape index (κ3) is 1.93. The number of aromatic nitrogens is 1. The Balaban J connectivity index is 2.27. The van der Waals surface area contributed by atoms with Crippen molar-refractivity contribution in [1.82, 2.24) is 4.98 Å². The normalized spacial score (nSPS) is 16.7. The number of amides is 2. The van der Waals surface area contributed by atoms with E-state index in [-0.39, 0.29) is 13.2 Å². The number of ether oxygens (including phenoxy) is 1. The molecule has 0 radical (unpaired) electrons. The van der Waals surface area contributed by atoms with Crippen LogP contribution in [0.1, 0.15) is 5.56 Å². The van der Waals surface area contributed by atoms with E-state index >= 15 is 0 Å². The first-order valence-corrected chi connectivity index (χ1v) is 4.81. The van der Waals surface area contributed by atoms with Gasteiger partial charge in [0.2, 0.25) is 0 Å². The molecule has 1 aromatic rings. The van der Waals surface area contributed by atoms with Crippen molar-refractivity contribution in [2.75, 3.05) is 18.1 Å². The van der Waals surface area contributed by atoms with Crippen molar-refractivity contribution in [2.45, 2.75) is 6.54 Å². The van der Waals surface area contributed by atoms with E-state index in [1.807, 2.05) is 0 Å². The number of imide groups is 1. The lowest BCUT2D eigenvalue weighted by Crippen LogP contribution is -2.46. The highest BCUT2D eigenvalue weighted by molar-refractivity contribution is 6.16. The van der Waals surface area contributed by atoms with Crippen molar-refractivity contribution in [2.24, 2.45) is 5.73 Å². The van der Waals surface area contributed by atoms with Crippen LogP contribution in [-0.2, 0) is 20.9 Å². The van der Waals surface area contributed by atoms with Gasteiger partial charge < -0.3 is 10.5 Å². The second-order valence-electron chi connectivity index (χ2n) is 3.34. The van der Waals surface area contributed by atoms with Gasteiger partial charge in [-0.2, -0.15) is 0 Å². The van der Waals surface area contributed by atoms with E-state index < -0.39 is 11.8 Å². The first-order valence-electron chi connectivity index (χ1n) is 4.81. The van der Waals surface area contributed by atoms with Crippen molar-refractivity contribution in [1.29, 1.82) is 0 Å². The second-order valence-corrected chi connectivity index (χ2v) is 3.34. The van der Waals surface area contributed by atoms with Crippen molar-refractivity contribution in [3.05, 3.63) is 23.9 Å². The molecule has 2 N–H and O–H groups in total. The maximum Gasteiger partial charge on any atom is 0.261 e. The third-order valence-corrected chi connectivity index (χ3v) is 2.22. The van der Waals surface area contributed by atoms with Crippen molar-refractivity contribution >= 4 is 17.6 Å². The maximum absolute atomic E-state index is 11.5. The summed E-state index contributed by atoms with van der Waals surface area (Å²) in [6.45, 7) is 0.191. The molecule has 0 atom stereocenters. The fraction of sp³-hybridized carbons (Fsp3) is 0.300. The molecule has 1 aliphatic rings. The minimum absolute atomic E-state index is 0.0912. The van der Waals surface area contributed by atoms with Crippen molar-refractivity contribution < 1.29 is 14.3 Å². The average molecular weight is 221 g/mol. The first kappa shape index (κ1) is 10.7. The molecule has 84 valence electrons. The number of pyridine rings is 1. The quantitative estimate of drug-likeness (QED) is 0.676. The van der Waals surface area contributed by atoms with E-state index in [0.29, 0.717) is 12.4 Å².